The molecule has 4 nitrogen and oxygen atoms in total. The van der Waals surface area contributed by atoms with Crippen molar-refractivity contribution in [2.24, 2.45) is 5.92 Å². The molecule has 1 aliphatic rings. The van der Waals surface area contributed by atoms with Gasteiger partial charge in [0.25, 0.3) is 0 Å². The lowest BCUT2D eigenvalue weighted by molar-refractivity contribution is -0.105. The van der Waals surface area contributed by atoms with Gasteiger partial charge in [0.1, 0.15) is 12.1 Å². The van der Waals surface area contributed by atoms with Crippen molar-refractivity contribution in [3.05, 3.63) is 46.9 Å². The van der Waals surface area contributed by atoms with Crippen LogP contribution in [-0.2, 0) is 4.79 Å². The Balaban J connectivity index is 2.47. The number of allylic oxidation sites excluding steroid dienone is 1. The maximum absolute atomic E-state index is 12.9. The highest BCUT2D eigenvalue weighted by Gasteiger charge is 2.28. The number of halogens is 1. The van der Waals surface area contributed by atoms with Gasteiger partial charge in [0, 0.05) is 11.3 Å². The molecule has 0 saturated heterocycles. The summed E-state index contributed by atoms with van der Waals surface area (Å²) in [6.07, 6.45) is 0.732. The highest BCUT2D eigenvalue weighted by Crippen LogP contribution is 2.28. The molecule has 100 valence electrons. The van der Waals surface area contributed by atoms with E-state index in [-0.39, 0.29) is 17.8 Å². The molecule has 0 aromatic heterocycles. The first-order valence-electron chi connectivity index (χ1n) is 6.05. The molecule has 19 heavy (non-hydrogen) atoms. The standard InChI is InChI=1S/C14H15FN2O2/c1-8(2)12-11(7-18)13(17-14(19)16-12)9-3-5-10(15)6-4-9/h3-8,13H,1-2H3,(H2,16,17,19). The highest BCUT2D eigenvalue weighted by molar-refractivity contribution is 5.87. The molecule has 1 aromatic carbocycles. The molecule has 2 rings (SSSR count). The van der Waals surface area contributed by atoms with Crippen LogP contribution in [0, 0.1) is 11.7 Å². The SMILES string of the molecule is CC(C)C1=C(C=O)C(c2ccc(F)cc2)NC(=O)N1. The van der Waals surface area contributed by atoms with Gasteiger partial charge in [0.15, 0.2) is 0 Å². The fourth-order valence-electron chi connectivity index (χ4n) is 2.12. The van der Waals surface area contributed by atoms with Gasteiger partial charge in [-0.3, -0.25) is 4.79 Å². The molecule has 1 aliphatic heterocycles. The molecule has 0 saturated carbocycles. The summed E-state index contributed by atoms with van der Waals surface area (Å²) in [7, 11) is 0. The Morgan fingerprint density at radius 3 is 2.42 bits per heavy atom. The minimum atomic E-state index is -0.538. The number of carbonyl (C=O) groups excluding carboxylic acids is 2. The number of rotatable bonds is 3. The van der Waals surface area contributed by atoms with Crippen molar-refractivity contribution in [2.75, 3.05) is 0 Å². The van der Waals surface area contributed by atoms with Gasteiger partial charge < -0.3 is 10.6 Å². The first-order chi connectivity index (χ1) is 9.02. The molecule has 0 radical (unpaired) electrons. The minimum Gasteiger partial charge on any atom is -0.327 e. The number of nitrogens with one attached hydrogen (secondary N) is 2. The van der Waals surface area contributed by atoms with Crippen LogP contribution in [0.1, 0.15) is 25.5 Å². The van der Waals surface area contributed by atoms with Gasteiger partial charge in [-0.1, -0.05) is 26.0 Å². The summed E-state index contributed by atoms with van der Waals surface area (Å²) in [5.41, 5.74) is 1.76. The average Bonchev–Trinajstić information content (AvgIpc) is 2.38. The molecule has 1 aromatic rings. The van der Waals surface area contributed by atoms with E-state index >= 15 is 0 Å². The number of amides is 2. The summed E-state index contributed by atoms with van der Waals surface area (Å²) in [5.74, 6) is -0.334. The molecule has 5 heteroatoms. The Kier molecular flexibility index (Phi) is 3.64. The van der Waals surface area contributed by atoms with Gasteiger partial charge in [0.2, 0.25) is 0 Å². The van der Waals surface area contributed by atoms with E-state index < -0.39 is 6.04 Å². The van der Waals surface area contributed by atoms with Crippen molar-refractivity contribution in [2.45, 2.75) is 19.9 Å². The van der Waals surface area contributed by atoms with Gasteiger partial charge in [-0.25, -0.2) is 9.18 Å². The van der Waals surface area contributed by atoms with E-state index in [1.54, 1.807) is 12.1 Å². The minimum absolute atomic E-state index is 0.0224. The predicted octanol–water partition coefficient (Wildman–Crippen LogP) is 2.29. The highest BCUT2D eigenvalue weighted by atomic mass is 19.1. The first kappa shape index (κ1) is 13.3. The third-order valence-electron chi connectivity index (χ3n) is 3.05. The fraction of sp³-hybridized carbons (Fsp3) is 0.286. The third kappa shape index (κ3) is 2.65. The van der Waals surface area contributed by atoms with Crippen LogP contribution in [0.2, 0.25) is 0 Å². The summed E-state index contributed by atoms with van der Waals surface area (Å²) in [5, 5.41) is 5.33. The predicted molar refractivity (Wildman–Crippen MR) is 68.7 cm³/mol. The second kappa shape index (κ2) is 5.22. The van der Waals surface area contributed by atoms with E-state index in [9.17, 15) is 14.0 Å². The number of urea groups is 1. The molecule has 2 N–H and O–H groups in total. The lowest BCUT2D eigenvalue weighted by Gasteiger charge is -2.29. The number of hydrogen-bond acceptors (Lipinski definition) is 2. The lowest BCUT2D eigenvalue weighted by Crippen LogP contribution is -2.45. The average molecular weight is 262 g/mol. The topological polar surface area (TPSA) is 58.2 Å². The molecule has 0 bridgehead atoms. The molecule has 1 atom stereocenters. The van der Waals surface area contributed by atoms with Crippen LogP contribution < -0.4 is 10.6 Å². The molecule has 1 unspecified atom stereocenters. The summed E-state index contributed by atoms with van der Waals surface area (Å²) < 4.78 is 12.9. The Morgan fingerprint density at radius 2 is 1.89 bits per heavy atom. The molecular weight excluding hydrogens is 247 g/mol. The van der Waals surface area contributed by atoms with E-state index in [0.29, 0.717) is 16.8 Å². The van der Waals surface area contributed by atoms with Crippen LogP contribution in [0.25, 0.3) is 0 Å². The summed E-state index contributed by atoms with van der Waals surface area (Å²) in [6, 6.07) is 4.84. The monoisotopic (exact) mass is 262 g/mol. The summed E-state index contributed by atoms with van der Waals surface area (Å²) in [4.78, 5) is 23.0. The van der Waals surface area contributed by atoms with E-state index in [4.69, 9.17) is 0 Å². The quantitative estimate of drug-likeness (QED) is 0.821. The van der Waals surface area contributed by atoms with Crippen LogP contribution in [0.15, 0.2) is 35.5 Å². The Bertz CT molecular complexity index is 535. The largest absolute Gasteiger partial charge is 0.327 e. The van der Waals surface area contributed by atoms with Crippen molar-refractivity contribution >= 4 is 12.3 Å². The van der Waals surface area contributed by atoms with E-state index in [2.05, 4.69) is 10.6 Å². The van der Waals surface area contributed by atoms with Gasteiger partial charge in [-0.15, -0.1) is 0 Å². The Hall–Kier alpha value is -2.17. The molecular formula is C14H15FN2O2. The number of aldehydes is 1. The Labute approximate surface area is 110 Å². The van der Waals surface area contributed by atoms with Gasteiger partial charge >= 0.3 is 6.03 Å². The van der Waals surface area contributed by atoms with Crippen molar-refractivity contribution in [1.82, 2.24) is 10.6 Å². The van der Waals surface area contributed by atoms with E-state index in [1.165, 1.54) is 12.1 Å². The molecule has 2 amide bonds. The van der Waals surface area contributed by atoms with Gasteiger partial charge in [0.05, 0.1) is 6.04 Å². The maximum Gasteiger partial charge on any atom is 0.319 e. The van der Waals surface area contributed by atoms with Gasteiger partial charge in [-0.2, -0.15) is 0 Å². The summed E-state index contributed by atoms with van der Waals surface area (Å²) in [6.45, 7) is 3.79. The fourth-order valence-corrected chi connectivity index (χ4v) is 2.12. The second-order valence-corrected chi connectivity index (χ2v) is 4.72. The maximum atomic E-state index is 12.9. The van der Waals surface area contributed by atoms with Crippen molar-refractivity contribution in [3.8, 4) is 0 Å². The van der Waals surface area contributed by atoms with Crippen LogP contribution >= 0.6 is 0 Å². The number of carbonyl (C=O) groups is 2. The molecule has 0 aliphatic carbocycles. The van der Waals surface area contributed by atoms with Crippen LogP contribution in [0.4, 0.5) is 9.18 Å². The van der Waals surface area contributed by atoms with Crippen molar-refractivity contribution in [3.63, 3.8) is 0 Å². The normalized spacial score (nSPS) is 19.2. The molecule has 0 fully saturated rings. The number of hydrogen-bond donors (Lipinski definition) is 2. The summed E-state index contributed by atoms with van der Waals surface area (Å²) >= 11 is 0. The van der Waals surface area contributed by atoms with Crippen molar-refractivity contribution < 1.29 is 14.0 Å². The number of benzene rings is 1. The van der Waals surface area contributed by atoms with Gasteiger partial charge in [-0.05, 0) is 23.6 Å². The molecule has 1 heterocycles. The van der Waals surface area contributed by atoms with E-state index in [1.807, 2.05) is 13.8 Å². The lowest BCUT2D eigenvalue weighted by atomic mass is 9.92. The van der Waals surface area contributed by atoms with Crippen LogP contribution in [0.3, 0.4) is 0 Å². The second-order valence-electron chi connectivity index (χ2n) is 4.72. The zero-order valence-electron chi connectivity index (χ0n) is 10.7. The third-order valence-corrected chi connectivity index (χ3v) is 3.05. The zero-order chi connectivity index (χ0) is 14.0. The van der Waals surface area contributed by atoms with Crippen molar-refractivity contribution in [1.29, 1.82) is 0 Å². The van der Waals surface area contributed by atoms with Crippen LogP contribution in [0.5, 0.6) is 0 Å². The van der Waals surface area contributed by atoms with E-state index in [0.717, 1.165) is 6.29 Å². The zero-order valence-corrected chi connectivity index (χ0v) is 10.7. The first-order valence-corrected chi connectivity index (χ1v) is 6.05. The Morgan fingerprint density at radius 1 is 1.26 bits per heavy atom. The van der Waals surface area contributed by atoms with Crippen LogP contribution in [-0.4, -0.2) is 12.3 Å². The molecule has 0 spiro atoms. The smallest absolute Gasteiger partial charge is 0.319 e.